The minimum atomic E-state index is -0.756. The molecule has 1 aliphatic heterocycles. The molecule has 0 aromatic heterocycles. The van der Waals surface area contributed by atoms with Crippen molar-refractivity contribution in [1.29, 1.82) is 0 Å². The molecule has 1 unspecified atom stereocenters. The van der Waals surface area contributed by atoms with Gasteiger partial charge in [-0.1, -0.05) is 28.1 Å². The number of carboxylic acids is 1. The van der Waals surface area contributed by atoms with Crippen molar-refractivity contribution < 1.29 is 9.90 Å². The van der Waals surface area contributed by atoms with Crippen LogP contribution in [0.4, 0.5) is 0 Å². The molecule has 2 N–H and O–H groups in total. The topological polar surface area (TPSA) is 52.6 Å². The molecule has 18 heavy (non-hydrogen) atoms. The van der Waals surface area contributed by atoms with Crippen LogP contribution >= 0.6 is 15.9 Å². The van der Waals surface area contributed by atoms with Crippen LogP contribution in [-0.2, 0) is 11.3 Å². The zero-order chi connectivity index (χ0) is 13.1. The molecule has 2 rings (SSSR count). The Morgan fingerprint density at radius 1 is 1.61 bits per heavy atom. The quantitative estimate of drug-likeness (QED) is 0.890. The summed E-state index contributed by atoms with van der Waals surface area (Å²) < 4.78 is 1.07. The fourth-order valence-electron chi connectivity index (χ4n) is 2.15. The van der Waals surface area contributed by atoms with Crippen LogP contribution in [0.5, 0.6) is 0 Å². The fourth-order valence-corrected chi connectivity index (χ4v) is 2.57. The number of nitrogens with zero attached hydrogens (tertiary/aromatic N) is 1. The number of nitrogens with one attached hydrogen (secondary N) is 1. The zero-order valence-electron chi connectivity index (χ0n) is 10.3. The predicted octanol–water partition coefficient (Wildman–Crippen LogP) is 1.62. The number of piperazine rings is 1. The Bertz CT molecular complexity index is 451. The number of carboxylic acid groups (broad SMARTS) is 1. The lowest BCUT2D eigenvalue weighted by Crippen LogP contribution is -2.54. The second kappa shape index (κ2) is 5.82. The van der Waals surface area contributed by atoms with Gasteiger partial charge in [0.15, 0.2) is 0 Å². The molecule has 0 radical (unpaired) electrons. The summed E-state index contributed by atoms with van der Waals surface area (Å²) >= 11 is 3.51. The van der Waals surface area contributed by atoms with Crippen molar-refractivity contribution in [2.75, 3.05) is 19.6 Å². The van der Waals surface area contributed by atoms with Crippen LogP contribution in [0, 0.1) is 6.92 Å². The van der Waals surface area contributed by atoms with E-state index in [1.165, 1.54) is 5.56 Å². The van der Waals surface area contributed by atoms with Crippen LogP contribution in [0.25, 0.3) is 0 Å². The molecule has 1 fully saturated rings. The number of hydrogen-bond acceptors (Lipinski definition) is 3. The molecule has 0 aliphatic carbocycles. The number of rotatable bonds is 3. The first-order valence-electron chi connectivity index (χ1n) is 6.00. The molecular weight excluding hydrogens is 296 g/mol. The number of aliphatic carboxylic acids is 1. The van der Waals surface area contributed by atoms with Crippen LogP contribution < -0.4 is 5.32 Å². The van der Waals surface area contributed by atoms with Crippen LogP contribution in [0.2, 0.25) is 0 Å². The zero-order valence-corrected chi connectivity index (χ0v) is 11.9. The third-order valence-corrected chi connectivity index (χ3v) is 4.12. The van der Waals surface area contributed by atoms with Crippen LogP contribution in [-0.4, -0.2) is 41.7 Å². The standard InChI is InChI=1S/C13H17BrN2O2/c1-9-2-3-10(6-11(9)14)8-16-5-4-15-7-12(16)13(17)18/h2-3,6,12,15H,4-5,7-8H2,1H3,(H,17,18). The van der Waals surface area contributed by atoms with E-state index in [1.807, 2.05) is 11.8 Å². The Kier molecular flexibility index (Phi) is 4.37. The fraction of sp³-hybridized carbons (Fsp3) is 0.462. The molecule has 1 atom stereocenters. The van der Waals surface area contributed by atoms with Crippen LogP contribution in [0.1, 0.15) is 11.1 Å². The van der Waals surface area contributed by atoms with E-state index in [0.29, 0.717) is 13.1 Å². The van der Waals surface area contributed by atoms with Crippen molar-refractivity contribution in [3.8, 4) is 0 Å². The Hall–Kier alpha value is -0.910. The van der Waals surface area contributed by atoms with Gasteiger partial charge < -0.3 is 10.4 Å². The van der Waals surface area contributed by atoms with Crippen molar-refractivity contribution >= 4 is 21.9 Å². The van der Waals surface area contributed by atoms with E-state index in [4.69, 9.17) is 0 Å². The van der Waals surface area contributed by atoms with Crippen molar-refractivity contribution in [3.05, 3.63) is 33.8 Å². The molecular formula is C13H17BrN2O2. The third kappa shape index (κ3) is 3.10. The van der Waals surface area contributed by atoms with Gasteiger partial charge in [0.2, 0.25) is 0 Å². The van der Waals surface area contributed by atoms with Crippen molar-refractivity contribution in [1.82, 2.24) is 10.2 Å². The van der Waals surface area contributed by atoms with Gasteiger partial charge in [-0.3, -0.25) is 9.69 Å². The van der Waals surface area contributed by atoms with Gasteiger partial charge in [-0.25, -0.2) is 0 Å². The summed E-state index contributed by atoms with van der Waals surface area (Å²) in [4.78, 5) is 13.2. The SMILES string of the molecule is Cc1ccc(CN2CCNCC2C(=O)O)cc1Br. The third-order valence-electron chi connectivity index (χ3n) is 3.26. The van der Waals surface area contributed by atoms with Gasteiger partial charge in [0.05, 0.1) is 0 Å². The number of aryl methyl sites for hydroxylation is 1. The minimum absolute atomic E-state index is 0.432. The molecule has 1 aromatic carbocycles. The molecule has 0 saturated carbocycles. The lowest BCUT2D eigenvalue weighted by atomic mass is 10.1. The lowest BCUT2D eigenvalue weighted by molar-refractivity contribution is -0.144. The summed E-state index contributed by atoms with van der Waals surface area (Å²) in [6.07, 6.45) is 0. The van der Waals surface area contributed by atoms with Gasteiger partial charge >= 0.3 is 5.97 Å². The Morgan fingerprint density at radius 3 is 3.06 bits per heavy atom. The largest absolute Gasteiger partial charge is 0.480 e. The van der Waals surface area contributed by atoms with E-state index in [2.05, 4.69) is 39.4 Å². The van der Waals surface area contributed by atoms with E-state index in [0.717, 1.165) is 23.1 Å². The summed E-state index contributed by atoms with van der Waals surface area (Å²) in [7, 11) is 0. The number of benzene rings is 1. The highest BCUT2D eigenvalue weighted by atomic mass is 79.9. The first kappa shape index (κ1) is 13.5. The van der Waals surface area contributed by atoms with Gasteiger partial charge in [-0.15, -0.1) is 0 Å². The van der Waals surface area contributed by atoms with Gasteiger partial charge in [0.1, 0.15) is 6.04 Å². The van der Waals surface area contributed by atoms with Crippen LogP contribution in [0.15, 0.2) is 22.7 Å². The molecule has 1 saturated heterocycles. The van der Waals surface area contributed by atoms with Gasteiger partial charge in [0.25, 0.3) is 0 Å². The summed E-state index contributed by atoms with van der Waals surface area (Å²) in [5.74, 6) is -0.756. The second-order valence-corrected chi connectivity index (χ2v) is 5.47. The molecule has 0 amide bonds. The van der Waals surface area contributed by atoms with E-state index in [-0.39, 0.29) is 0 Å². The first-order chi connectivity index (χ1) is 8.58. The average molecular weight is 313 g/mol. The van der Waals surface area contributed by atoms with E-state index in [1.54, 1.807) is 0 Å². The Labute approximate surface area is 115 Å². The molecule has 1 aromatic rings. The number of hydrogen-bond donors (Lipinski definition) is 2. The molecule has 0 bridgehead atoms. The summed E-state index contributed by atoms with van der Waals surface area (Å²) in [5.41, 5.74) is 2.33. The lowest BCUT2D eigenvalue weighted by Gasteiger charge is -2.33. The van der Waals surface area contributed by atoms with Gasteiger partial charge in [-0.2, -0.15) is 0 Å². The maximum absolute atomic E-state index is 11.2. The molecule has 1 heterocycles. The summed E-state index contributed by atoms with van der Waals surface area (Å²) in [5, 5.41) is 12.3. The van der Waals surface area contributed by atoms with Crippen LogP contribution in [0.3, 0.4) is 0 Å². The highest BCUT2D eigenvalue weighted by Gasteiger charge is 2.28. The highest BCUT2D eigenvalue weighted by molar-refractivity contribution is 9.10. The predicted molar refractivity (Wildman–Crippen MR) is 73.6 cm³/mol. The van der Waals surface area contributed by atoms with Crippen molar-refractivity contribution in [2.45, 2.75) is 19.5 Å². The smallest absolute Gasteiger partial charge is 0.322 e. The van der Waals surface area contributed by atoms with Crippen molar-refractivity contribution in [3.63, 3.8) is 0 Å². The van der Waals surface area contributed by atoms with Gasteiger partial charge in [0, 0.05) is 30.7 Å². The number of carbonyl (C=O) groups is 1. The van der Waals surface area contributed by atoms with E-state index < -0.39 is 12.0 Å². The Morgan fingerprint density at radius 2 is 2.39 bits per heavy atom. The molecule has 98 valence electrons. The Balaban J connectivity index is 2.10. The van der Waals surface area contributed by atoms with E-state index in [9.17, 15) is 9.90 Å². The maximum Gasteiger partial charge on any atom is 0.322 e. The monoisotopic (exact) mass is 312 g/mol. The minimum Gasteiger partial charge on any atom is -0.480 e. The van der Waals surface area contributed by atoms with E-state index >= 15 is 0 Å². The normalized spacial score (nSPS) is 20.9. The maximum atomic E-state index is 11.2. The van der Waals surface area contributed by atoms with Gasteiger partial charge in [-0.05, 0) is 24.1 Å². The molecule has 5 heteroatoms. The highest BCUT2D eigenvalue weighted by Crippen LogP contribution is 2.19. The number of halogens is 1. The molecule has 1 aliphatic rings. The second-order valence-electron chi connectivity index (χ2n) is 4.61. The molecule has 0 spiro atoms. The summed E-state index contributed by atoms with van der Waals surface area (Å²) in [6, 6.07) is 5.74. The summed E-state index contributed by atoms with van der Waals surface area (Å²) in [6.45, 7) is 4.85. The van der Waals surface area contributed by atoms with Crippen molar-refractivity contribution in [2.24, 2.45) is 0 Å². The first-order valence-corrected chi connectivity index (χ1v) is 6.80. The average Bonchev–Trinajstić information content (AvgIpc) is 2.34. The molecule has 4 nitrogen and oxygen atoms in total.